The van der Waals surface area contributed by atoms with Gasteiger partial charge in [0.2, 0.25) is 0 Å². The lowest BCUT2D eigenvalue weighted by atomic mass is 9.93. The molecular weight excluding hydrogens is 358 g/mol. The molecule has 1 aliphatic heterocycles. The summed E-state index contributed by atoms with van der Waals surface area (Å²) in [6.07, 6.45) is 5.48. The number of hydrogen-bond donors (Lipinski definition) is 1. The van der Waals surface area contributed by atoms with Gasteiger partial charge in [0.05, 0.1) is 11.4 Å². The Labute approximate surface area is 173 Å². The average Bonchev–Trinajstić information content (AvgIpc) is 3.14. The minimum atomic E-state index is 0.311. The van der Waals surface area contributed by atoms with Crippen molar-refractivity contribution in [2.24, 2.45) is 5.92 Å². The topological polar surface area (TPSA) is 41.3 Å². The summed E-state index contributed by atoms with van der Waals surface area (Å²) in [5, 5.41) is 14.2. The summed E-state index contributed by atoms with van der Waals surface area (Å²) in [4.78, 5) is 2.53. The number of piperidine rings is 1. The molecule has 0 aliphatic carbocycles. The normalized spacial score (nSPS) is 15.7. The lowest BCUT2D eigenvalue weighted by molar-refractivity contribution is 0.153. The van der Waals surface area contributed by atoms with E-state index in [1.807, 2.05) is 4.68 Å². The minimum Gasteiger partial charge on any atom is -0.396 e. The van der Waals surface area contributed by atoms with E-state index in [1.54, 1.807) is 0 Å². The fourth-order valence-electron chi connectivity index (χ4n) is 4.25. The van der Waals surface area contributed by atoms with Gasteiger partial charge in [-0.05, 0) is 70.3 Å². The SMILES string of the molecule is Cc1ccc(-n2cc(CN3CCC(CCO)CC3)c(-c3cccc(C)c3)n2)cc1. The van der Waals surface area contributed by atoms with Crippen LogP contribution in [-0.4, -0.2) is 39.5 Å². The van der Waals surface area contributed by atoms with Gasteiger partial charge in [-0.3, -0.25) is 4.90 Å². The second-order valence-electron chi connectivity index (χ2n) is 8.38. The van der Waals surface area contributed by atoms with Crippen LogP contribution < -0.4 is 0 Å². The van der Waals surface area contributed by atoms with E-state index in [0.717, 1.165) is 37.4 Å². The molecule has 0 radical (unpaired) electrons. The number of aryl methyl sites for hydroxylation is 2. The van der Waals surface area contributed by atoms with Gasteiger partial charge in [0.15, 0.2) is 0 Å². The molecule has 1 aromatic heterocycles. The molecule has 1 N–H and O–H groups in total. The van der Waals surface area contributed by atoms with Crippen LogP contribution in [0.1, 0.15) is 36.0 Å². The third kappa shape index (κ3) is 4.77. The van der Waals surface area contributed by atoms with Crippen LogP contribution in [0.4, 0.5) is 0 Å². The predicted molar refractivity (Wildman–Crippen MR) is 118 cm³/mol. The zero-order valence-corrected chi connectivity index (χ0v) is 17.5. The highest BCUT2D eigenvalue weighted by molar-refractivity contribution is 5.64. The molecular formula is C25H31N3O. The molecule has 1 aliphatic rings. The molecule has 0 spiro atoms. The molecule has 0 amide bonds. The van der Waals surface area contributed by atoms with Crippen LogP contribution in [0.15, 0.2) is 54.7 Å². The molecule has 152 valence electrons. The Morgan fingerprint density at radius 3 is 2.45 bits per heavy atom. The van der Waals surface area contributed by atoms with Crippen LogP contribution in [-0.2, 0) is 6.54 Å². The van der Waals surface area contributed by atoms with Gasteiger partial charge in [-0.2, -0.15) is 5.10 Å². The van der Waals surface area contributed by atoms with Gasteiger partial charge in [0.25, 0.3) is 0 Å². The van der Waals surface area contributed by atoms with Gasteiger partial charge in [-0.15, -0.1) is 0 Å². The summed E-state index contributed by atoms with van der Waals surface area (Å²) < 4.78 is 2.02. The number of nitrogens with zero attached hydrogens (tertiary/aromatic N) is 3. The maximum atomic E-state index is 9.21. The Kier molecular flexibility index (Phi) is 6.12. The highest BCUT2D eigenvalue weighted by atomic mass is 16.3. The van der Waals surface area contributed by atoms with Crippen molar-refractivity contribution in [1.29, 1.82) is 0 Å². The second kappa shape index (κ2) is 8.93. The Morgan fingerprint density at radius 2 is 1.76 bits per heavy atom. The number of aliphatic hydroxyl groups excluding tert-OH is 1. The van der Waals surface area contributed by atoms with Crippen molar-refractivity contribution in [2.45, 2.75) is 39.7 Å². The third-order valence-corrected chi connectivity index (χ3v) is 6.02. The van der Waals surface area contributed by atoms with Crippen molar-refractivity contribution in [2.75, 3.05) is 19.7 Å². The van der Waals surface area contributed by atoms with Crippen LogP contribution in [0.5, 0.6) is 0 Å². The molecule has 2 aromatic carbocycles. The summed E-state index contributed by atoms with van der Waals surface area (Å²) in [5.74, 6) is 0.669. The molecule has 2 heterocycles. The summed E-state index contributed by atoms with van der Waals surface area (Å²) in [6.45, 7) is 7.65. The van der Waals surface area contributed by atoms with E-state index >= 15 is 0 Å². The lowest BCUT2D eigenvalue weighted by Gasteiger charge is -2.31. The quantitative estimate of drug-likeness (QED) is 0.661. The largest absolute Gasteiger partial charge is 0.396 e. The van der Waals surface area contributed by atoms with Crippen molar-refractivity contribution in [3.05, 3.63) is 71.4 Å². The monoisotopic (exact) mass is 389 g/mol. The Bertz CT molecular complexity index is 937. The van der Waals surface area contributed by atoms with E-state index < -0.39 is 0 Å². The first kappa shape index (κ1) is 19.9. The van der Waals surface area contributed by atoms with Gasteiger partial charge in [0, 0.05) is 30.5 Å². The summed E-state index contributed by atoms with van der Waals surface area (Å²) in [5.41, 5.74) is 7.14. The lowest BCUT2D eigenvalue weighted by Crippen LogP contribution is -2.33. The minimum absolute atomic E-state index is 0.311. The van der Waals surface area contributed by atoms with Crippen LogP contribution in [0.3, 0.4) is 0 Å². The number of likely N-dealkylation sites (tertiary alicyclic amines) is 1. The van der Waals surface area contributed by atoms with Crippen molar-refractivity contribution in [3.63, 3.8) is 0 Å². The van der Waals surface area contributed by atoms with E-state index in [0.29, 0.717) is 12.5 Å². The third-order valence-electron chi connectivity index (χ3n) is 6.02. The standard InChI is InChI=1S/C25H31N3O/c1-19-6-8-24(9-7-19)28-18-23(17-27-13-10-21(11-14-27)12-15-29)25(26-28)22-5-3-4-20(2)16-22/h3-9,16,18,21,29H,10-15,17H2,1-2H3. The maximum Gasteiger partial charge on any atom is 0.0972 e. The van der Waals surface area contributed by atoms with Crippen molar-refractivity contribution in [1.82, 2.24) is 14.7 Å². The van der Waals surface area contributed by atoms with Crippen LogP contribution >= 0.6 is 0 Å². The molecule has 1 saturated heterocycles. The number of aliphatic hydroxyl groups is 1. The van der Waals surface area contributed by atoms with E-state index in [-0.39, 0.29) is 0 Å². The van der Waals surface area contributed by atoms with Crippen molar-refractivity contribution >= 4 is 0 Å². The fourth-order valence-corrected chi connectivity index (χ4v) is 4.25. The molecule has 3 aromatic rings. The first-order valence-corrected chi connectivity index (χ1v) is 10.7. The van der Waals surface area contributed by atoms with E-state index in [2.05, 4.69) is 73.5 Å². The Hall–Kier alpha value is -2.43. The molecule has 4 rings (SSSR count). The predicted octanol–water partition coefficient (Wildman–Crippen LogP) is 4.75. The summed E-state index contributed by atoms with van der Waals surface area (Å²) in [6, 6.07) is 17.2. The van der Waals surface area contributed by atoms with Gasteiger partial charge in [-0.25, -0.2) is 4.68 Å². The van der Waals surface area contributed by atoms with Gasteiger partial charge in [-0.1, -0.05) is 41.5 Å². The van der Waals surface area contributed by atoms with Crippen LogP contribution in [0.2, 0.25) is 0 Å². The molecule has 0 bridgehead atoms. The molecule has 4 nitrogen and oxygen atoms in total. The van der Waals surface area contributed by atoms with Crippen LogP contribution in [0, 0.1) is 19.8 Å². The van der Waals surface area contributed by atoms with Crippen molar-refractivity contribution in [3.8, 4) is 16.9 Å². The summed E-state index contributed by atoms with van der Waals surface area (Å²) >= 11 is 0. The zero-order chi connectivity index (χ0) is 20.2. The highest BCUT2D eigenvalue weighted by Crippen LogP contribution is 2.28. The molecule has 29 heavy (non-hydrogen) atoms. The number of rotatable bonds is 6. The van der Waals surface area contributed by atoms with Crippen LogP contribution in [0.25, 0.3) is 16.9 Å². The van der Waals surface area contributed by atoms with Gasteiger partial charge in [0.1, 0.15) is 0 Å². The smallest absolute Gasteiger partial charge is 0.0972 e. The fraction of sp³-hybridized carbons (Fsp3) is 0.400. The molecule has 0 atom stereocenters. The van der Waals surface area contributed by atoms with E-state index in [4.69, 9.17) is 5.10 Å². The van der Waals surface area contributed by atoms with Crippen molar-refractivity contribution < 1.29 is 5.11 Å². The Balaban J connectivity index is 1.61. The first-order chi connectivity index (χ1) is 14.1. The molecule has 1 fully saturated rings. The maximum absolute atomic E-state index is 9.21. The summed E-state index contributed by atoms with van der Waals surface area (Å²) in [7, 11) is 0. The number of aromatic nitrogens is 2. The van der Waals surface area contributed by atoms with E-state index in [9.17, 15) is 5.11 Å². The zero-order valence-electron chi connectivity index (χ0n) is 17.5. The molecule has 4 heteroatoms. The molecule has 0 saturated carbocycles. The average molecular weight is 390 g/mol. The Morgan fingerprint density at radius 1 is 1.00 bits per heavy atom. The van der Waals surface area contributed by atoms with Gasteiger partial charge < -0.3 is 5.11 Å². The van der Waals surface area contributed by atoms with E-state index in [1.165, 1.54) is 35.1 Å². The number of hydrogen-bond acceptors (Lipinski definition) is 3. The van der Waals surface area contributed by atoms with Gasteiger partial charge >= 0.3 is 0 Å². The second-order valence-corrected chi connectivity index (χ2v) is 8.38. The highest BCUT2D eigenvalue weighted by Gasteiger charge is 2.21. The molecule has 0 unspecified atom stereocenters. The first-order valence-electron chi connectivity index (χ1n) is 10.7. The number of benzene rings is 2.